The standard InChI is InChI=1S/C27H37N5O6S/c1-18-27(36)31(3)11-5-6-12-32(25(34)15-21-17-39-19(2)30-21)13-7-10-28-26(35)20-8-9-22(23(14-20)37-4)38-16-24(33)29-18/h8-9,14,17-18H,5-7,10-13,15-16H2,1-4H3,(H,28,35)(H,29,33)/t18-/m0/s1. The van der Waals surface area contributed by atoms with Gasteiger partial charge in [-0.15, -0.1) is 11.3 Å². The van der Waals surface area contributed by atoms with Gasteiger partial charge in [0.1, 0.15) is 6.04 Å². The highest BCUT2D eigenvalue weighted by Gasteiger charge is 2.21. The maximum absolute atomic E-state index is 13.1. The summed E-state index contributed by atoms with van der Waals surface area (Å²) < 4.78 is 10.9. The average Bonchev–Trinajstić information content (AvgIpc) is 3.33. The maximum Gasteiger partial charge on any atom is 0.258 e. The number of benzene rings is 1. The van der Waals surface area contributed by atoms with Crippen LogP contribution < -0.4 is 20.1 Å². The summed E-state index contributed by atoms with van der Waals surface area (Å²) in [6.07, 6.45) is 2.19. The summed E-state index contributed by atoms with van der Waals surface area (Å²) in [4.78, 5) is 58.7. The smallest absolute Gasteiger partial charge is 0.258 e. The highest BCUT2D eigenvalue weighted by atomic mass is 32.1. The third-order valence-corrected chi connectivity index (χ3v) is 7.14. The van der Waals surface area contributed by atoms with E-state index in [0.29, 0.717) is 62.5 Å². The summed E-state index contributed by atoms with van der Waals surface area (Å²) in [6, 6.07) is 3.96. The molecule has 39 heavy (non-hydrogen) atoms. The van der Waals surface area contributed by atoms with E-state index in [9.17, 15) is 19.2 Å². The van der Waals surface area contributed by atoms with E-state index in [2.05, 4.69) is 15.6 Å². The van der Waals surface area contributed by atoms with E-state index >= 15 is 0 Å². The number of methoxy groups -OCH3 is 1. The fourth-order valence-electron chi connectivity index (χ4n) is 4.20. The fraction of sp³-hybridized carbons (Fsp3) is 0.519. The van der Waals surface area contributed by atoms with Gasteiger partial charge in [0, 0.05) is 44.2 Å². The van der Waals surface area contributed by atoms with E-state index < -0.39 is 11.9 Å². The molecule has 2 bridgehead atoms. The van der Waals surface area contributed by atoms with Crippen molar-refractivity contribution in [3.63, 3.8) is 0 Å². The Hall–Kier alpha value is -3.67. The van der Waals surface area contributed by atoms with Gasteiger partial charge < -0.3 is 29.9 Å². The van der Waals surface area contributed by atoms with Gasteiger partial charge in [0.25, 0.3) is 11.8 Å². The van der Waals surface area contributed by atoms with E-state index in [-0.39, 0.29) is 30.7 Å². The number of aromatic nitrogens is 1. The first-order chi connectivity index (χ1) is 18.7. The largest absolute Gasteiger partial charge is 0.493 e. The number of rotatable bonds is 3. The average molecular weight is 560 g/mol. The van der Waals surface area contributed by atoms with Crippen LogP contribution in [0.25, 0.3) is 0 Å². The molecule has 4 rings (SSSR count). The van der Waals surface area contributed by atoms with Crippen molar-refractivity contribution in [3.8, 4) is 11.5 Å². The number of hydrogen-bond acceptors (Lipinski definition) is 8. The normalized spacial score (nSPS) is 18.6. The van der Waals surface area contributed by atoms with Crippen LogP contribution in [0.2, 0.25) is 0 Å². The molecule has 2 aliphatic rings. The second kappa shape index (κ2) is 14.5. The number of hydrogen-bond donors (Lipinski definition) is 2. The van der Waals surface area contributed by atoms with Crippen molar-refractivity contribution in [2.75, 3.05) is 46.9 Å². The molecule has 12 heteroatoms. The monoisotopic (exact) mass is 559 g/mol. The van der Waals surface area contributed by atoms with Gasteiger partial charge in [0.05, 0.1) is 24.2 Å². The topological polar surface area (TPSA) is 130 Å². The molecule has 1 atom stereocenters. The number of aryl methyl sites for hydroxylation is 1. The van der Waals surface area contributed by atoms with Crippen LogP contribution in [-0.2, 0) is 20.8 Å². The van der Waals surface area contributed by atoms with Crippen LogP contribution in [0.1, 0.15) is 47.2 Å². The molecule has 1 aromatic carbocycles. The molecule has 0 saturated carbocycles. The van der Waals surface area contributed by atoms with Crippen LogP contribution in [0.3, 0.4) is 0 Å². The third kappa shape index (κ3) is 8.95. The van der Waals surface area contributed by atoms with Gasteiger partial charge >= 0.3 is 0 Å². The third-order valence-electron chi connectivity index (χ3n) is 6.32. The summed E-state index contributed by atoms with van der Waals surface area (Å²) in [5.74, 6) is -0.369. The van der Waals surface area contributed by atoms with Gasteiger partial charge in [-0.1, -0.05) is 0 Å². The van der Waals surface area contributed by atoms with Crippen molar-refractivity contribution in [1.82, 2.24) is 25.4 Å². The summed E-state index contributed by atoms with van der Waals surface area (Å²) in [5.41, 5.74) is 1.13. The number of amides is 4. The Morgan fingerprint density at radius 2 is 1.92 bits per heavy atom. The molecular formula is C27H37N5O6S. The molecule has 0 radical (unpaired) electrons. The van der Waals surface area contributed by atoms with Crippen molar-refractivity contribution < 1.29 is 28.7 Å². The lowest BCUT2D eigenvalue weighted by molar-refractivity contribution is -0.135. The number of carbonyl (C=O) groups is 4. The Kier molecular flexibility index (Phi) is 11.1. The van der Waals surface area contributed by atoms with Crippen LogP contribution in [0, 0.1) is 6.92 Å². The number of carbonyl (C=O) groups excluding carboxylic acids is 4. The molecule has 212 valence electrons. The Labute approximate surface area is 232 Å². The van der Waals surface area contributed by atoms with Crippen molar-refractivity contribution in [2.24, 2.45) is 0 Å². The second-order valence-corrected chi connectivity index (χ2v) is 10.5. The van der Waals surface area contributed by atoms with Crippen LogP contribution in [0.4, 0.5) is 0 Å². The van der Waals surface area contributed by atoms with Gasteiger partial charge in [0.2, 0.25) is 11.8 Å². The molecule has 0 aliphatic carbocycles. The zero-order valence-electron chi connectivity index (χ0n) is 23.0. The Morgan fingerprint density at radius 1 is 1.18 bits per heavy atom. The quantitative estimate of drug-likeness (QED) is 0.549. The Morgan fingerprint density at radius 3 is 2.64 bits per heavy atom. The van der Waals surface area contributed by atoms with Gasteiger partial charge in [-0.3, -0.25) is 19.2 Å². The fourth-order valence-corrected chi connectivity index (χ4v) is 4.81. The highest BCUT2D eigenvalue weighted by Crippen LogP contribution is 2.28. The van der Waals surface area contributed by atoms with Crippen molar-refractivity contribution in [1.29, 1.82) is 0 Å². The summed E-state index contributed by atoms with van der Waals surface area (Å²) in [6.45, 7) is 5.10. The van der Waals surface area contributed by atoms with Gasteiger partial charge in [-0.25, -0.2) is 4.98 Å². The van der Waals surface area contributed by atoms with Gasteiger partial charge in [-0.05, 0) is 51.3 Å². The molecule has 0 saturated heterocycles. The van der Waals surface area contributed by atoms with Crippen molar-refractivity contribution in [3.05, 3.63) is 39.8 Å². The van der Waals surface area contributed by atoms with Crippen molar-refractivity contribution in [2.45, 2.75) is 45.6 Å². The van der Waals surface area contributed by atoms with Crippen molar-refractivity contribution >= 4 is 35.0 Å². The first-order valence-electron chi connectivity index (χ1n) is 13.0. The molecule has 0 fully saturated rings. The molecule has 2 aliphatic heterocycles. The maximum atomic E-state index is 13.1. The number of nitrogens with one attached hydrogen (secondary N) is 2. The number of likely N-dealkylation sites (N-methyl/N-ethyl adjacent to an activating group) is 1. The first kappa shape index (κ1) is 29.9. The van der Waals surface area contributed by atoms with E-state index in [0.717, 1.165) is 10.7 Å². The summed E-state index contributed by atoms with van der Waals surface area (Å²) in [5, 5.41) is 8.35. The Bertz CT molecular complexity index is 1170. The zero-order valence-corrected chi connectivity index (χ0v) is 23.8. The molecule has 4 amide bonds. The Balaban J connectivity index is 1.73. The highest BCUT2D eigenvalue weighted by molar-refractivity contribution is 7.09. The lowest BCUT2D eigenvalue weighted by atomic mass is 10.2. The number of ether oxygens (including phenoxy) is 2. The SMILES string of the molecule is COc1cc2ccc1OCC(=O)N[C@@H](C)C(=O)N(C)CCCCN(C(=O)Cc1csc(C)n1)CCCNC2=O. The molecule has 11 nitrogen and oxygen atoms in total. The molecule has 2 N–H and O–H groups in total. The number of nitrogens with zero attached hydrogens (tertiary/aromatic N) is 3. The minimum Gasteiger partial charge on any atom is -0.493 e. The molecule has 1 aromatic heterocycles. The zero-order chi connectivity index (χ0) is 28.4. The van der Waals surface area contributed by atoms with E-state index in [1.807, 2.05) is 12.3 Å². The van der Waals surface area contributed by atoms with Crippen LogP contribution in [0.15, 0.2) is 23.6 Å². The molecular weight excluding hydrogens is 522 g/mol. The first-order valence-corrected chi connectivity index (χ1v) is 13.9. The van der Waals surface area contributed by atoms with E-state index in [1.165, 1.54) is 24.5 Å². The molecule has 0 unspecified atom stereocenters. The van der Waals surface area contributed by atoms with Crippen LogP contribution >= 0.6 is 11.3 Å². The summed E-state index contributed by atoms with van der Waals surface area (Å²) in [7, 11) is 3.14. The van der Waals surface area contributed by atoms with Crippen LogP contribution in [-0.4, -0.2) is 91.4 Å². The lowest BCUT2D eigenvalue weighted by Crippen LogP contribution is -2.47. The van der Waals surface area contributed by atoms with Crippen LogP contribution in [0.5, 0.6) is 11.5 Å². The summed E-state index contributed by atoms with van der Waals surface area (Å²) >= 11 is 1.51. The van der Waals surface area contributed by atoms with Gasteiger partial charge in [-0.2, -0.15) is 0 Å². The predicted octanol–water partition coefficient (Wildman–Crippen LogP) is 1.79. The minimum atomic E-state index is -0.729. The van der Waals surface area contributed by atoms with Gasteiger partial charge in [0.15, 0.2) is 18.1 Å². The minimum absolute atomic E-state index is 0.0221. The van der Waals surface area contributed by atoms with E-state index in [1.54, 1.807) is 35.9 Å². The second-order valence-electron chi connectivity index (χ2n) is 9.44. The molecule has 2 aromatic rings. The molecule has 0 spiro atoms. The number of fused-ring (bicyclic) bond motifs is 18. The lowest BCUT2D eigenvalue weighted by Gasteiger charge is -2.24. The van der Waals surface area contributed by atoms with E-state index in [4.69, 9.17) is 9.47 Å². The molecule has 3 heterocycles. The number of thiazole rings is 1. The predicted molar refractivity (Wildman–Crippen MR) is 147 cm³/mol.